The van der Waals surface area contributed by atoms with Crippen molar-refractivity contribution in [2.75, 3.05) is 19.6 Å². The summed E-state index contributed by atoms with van der Waals surface area (Å²) in [4.78, 5) is 101. The fourth-order valence-electron chi connectivity index (χ4n) is 5.30. The Morgan fingerprint density at radius 1 is 0.429 bits per heavy atom. The SMILES string of the molecule is CC(=O)N(O)CCC[C@H](NC(=O)OCc1ccccc1)C(=O)O.CC(=O)N(O)CCC[C@H](NC(=O)OCc1ccccc1)C(=O)O.CC(=O)N(O)CCC[C@H](NC(=O)OCc1ccccc1)C(=O)O.[Fe+3]. The number of carbonyl (C=O) groups excluding carboxylic acids is 6. The number of carboxylic acid groups (broad SMARTS) is 3. The van der Waals surface area contributed by atoms with E-state index in [0.717, 1.165) is 16.7 Å². The van der Waals surface area contributed by atoms with Gasteiger partial charge in [-0.3, -0.25) is 30.0 Å². The van der Waals surface area contributed by atoms with Gasteiger partial charge < -0.3 is 45.5 Å². The minimum Gasteiger partial charge on any atom is -0.480 e. The van der Waals surface area contributed by atoms with E-state index in [0.29, 0.717) is 15.2 Å². The van der Waals surface area contributed by atoms with Gasteiger partial charge in [-0.1, -0.05) is 91.0 Å². The molecule has 0 aliphatic carbocycles. The molecule has 0 saturated heterocycles. The van der Waals surface area contributed by atoms with E-state index in [-0.39, 0.29) is 95.0 Å². The number of carboxylic acids is 3. The minimum absolute atomic E-state index is 0. The molecule has 70 heavy (non-hydrogen) atoms. The molecule has 0 fully saturated rings. The average molecular weight is 1030 g/mol. The Kier molecular flexibility index (Phi) is 32.0. The molecular formula is C45H60FeN6O18+3. The monoisotopic (exact) mass is 1030 g/mol. The molecule has 0 spiro atoms. The van der Waals surface area contributed by atoms with E-state index in [1.807, 2.05) is 18.2 Å². The van der Waals surface area contributed by atoms with Crippen LogP contribution in [-0.4, -0.2) is 138 Å². The third-order valence-corrected chi connectivity index (χ3v) is 9.09. The van der Waals surface area contributed by atoms with Gasteiger partial charge in [0, 0.05) is 40.4 Å². The Bertz CT molecular complexity index is 1840. The maximum Gasteiger partial charge on any atom is 3.00 e. The van der Waals surface area contributed by atoms with Gasteiger partial charge in [-0.2, -0.15) is 0 Å². The van der Waals surface area contributed by atoms with Crippen LogP contribution in [0, 0.1) is 0 Å². The molecule has 0 saturated carbocycles. The molecule has 0 aliphatic rings. The third-order valence-electron chi connectivity index (χ3n) is 9.09. The van der Waals surface area contributed by atoms with Gasteiger partial charge in [-0.15, -0.1) is 0 Å². The standard InChI is InChI=1S/3C15H20N2O6.Fe/c3*1-11(18)17(22)9-5-8-13(14(19)20)16-15(21)23-10-12-6-3-2-4-7-12;/h3*2-4,6-7,13,22H,5,8-10H2,1H3,(H,16,21)(H,19,20);/q;;;+3/t3*13-;/m000./s1. The van der Waals surface area contributed by atoms with Gasteiger partial charge in [0.15, 0.2) is 0 Å². The first-order valence-electron chi connectivity index (χ1n) is 21.2. The summed E-state index contributed by atoms with van der Waals surface area (Å²) in [5.74, 6) is -5.25. The van der Waals surface area contributed by atoms with Gasteiger partial charge in [0.2, 0.25) is 17.7 Å². The number of hydrogen-bond acceptors (Lipinski definition) is 15. The number of hydroxylamine groups is 6. The topological polar surface area (TPSA) is 349 Å². The smallest absolute Gasteiger partial charge is 0.480 e. The van der Waals surface area contributed by atoms with E-state index in [1.165, 1.54) is 20.8 Å². The van der Waals surface area contributed by atoms with Gasteiger partial charge in [0.05, 0.1) is 0 Å². The van der Waals surface area contributed by atoms with Crippen molar-refractivity contribution in [1.82, 2.24) is 31.1 Å². The van der Waals surface area contributed by atoms with Crippen molar-refractivity contribution < 1.29 is 105 Å². The number of alkyl carbamates (subject to hydrolysis) is 3. The second-order valence-electron chi connectivity index (χ2n) is 14.6. The van der Waals surface area contributed by atoms with Crippen molar-refractivity contribution in [3.63, 3.8) is 0 Å². The van der Waals surface area contributed by atoms with Crippen LogP contribution in [0.25, 0.3) is 0 Å². The van der Waals surface area contributed by atoms with Crippen LogP contribution in [0.15, 0.2) is 91.0 Å². The maximum absolute atomic E-state index is 11.6. The molecule has 0 heterocycles. The van der Waals surface area contributed by atoms with Gasteiger partial charge in [-0.25, -0.2) is 44.0 Å². The molecule has 3 rings (SSSR count). The summed E-state index contributed by atoms with van der Waals surface area (Å²) in [5, 5.41) is 63.0. The zero-order valence-corrected chi connectivity index (χ0v) is 39.8. The Balaban J connectivity index is 0.00000101. The quantitative estimate of drug-likeness (QED) is 0.0263. The maximum atomic E-state index is 11.6. The van der Waals surface area contributed by atoms with E-state index < -0.39 is 72.0 Å². The molecule has 6 amide bonds. The largest absolute Gasteiger partial charge is 3.00 e. The summed E-state index contributed by atoms with van der Waals surface area (Å²) >= 11 is 0. The molecule has 0 bridgehead atoms. The van der Waals surface area contributed by atoms with Crippen LogP contribution < -0.4 is 16.0 Å². The van der Waals surface area contributed by atoms with Crippen molar-refractivity contribution in [2.45, 2.75) is 97.2 Å². The number of nitrogens with zero attached hydrogens (tertiary/aromatic N) is 3. The fourth-order valence-corrected chi connectivity index (χ4v) is 5.30. The molecular weight excluding hydrogens is 968 g/mol. The van der Waals surface area contributed by atoms with Crippen LogP contribution in [0.1, 0.15) is 76.0 Å². The van der Waals surface area contributed by atoms with Crippen molar-refractivity contribution in [1.29, 1.82) is 0 Å². The number of carbonyl (C=O) groups is 9. The number of ether oxygens (including phenoxy) is 3. The average Bonchev–Trinajstić information content (AvgIpc) is 3.32. The number of amides is 6. The van der Waals surface area contributed by atoms with E-state index in [4.69, 9.17) is 29.5 Å². The molecule has 1 radical (unpaired) electrons. The molecule has 3 aromatic carbocycles. The van der Waals surface area contributed by atoms with Gasteiger partial charge >= 0.3 is 53.3 Å². The molecule has 3 aromatic rings. The van der Waals surface area contributed by atoms with Crippen molar-refractivity contribution in [3.8, 4) is 0 Å². The summed E-state index contributed by atoms with van der Waals surface area (Å²) in [5.41, 5.74) is 2.35. The summed E-state index contributed by atoms with van der Waals surface area (Å²) in [6.07, 6.45) is -1.71. The third kappa shape index (κ3) is 29.4. The van der Waals surface area contributed by atoms with Gasteiger partial charge in [-0.05, 0) is 55.2 Å². The second-order valence-corrected chi connectivity index (χ2v) is 14.6. The first-order chi connectivity index (χ1) is 32.7. The zero-order chi connectivity index (χ0) is 51.7. The van der Waals surface area contributed by atoms with Gasteiger partial charge in [0.1, 0.15) is 37.9 Å². The van der Waals surface area contributed by atoms with E-state index in [1.54, 1.807) is 72.8 Å². The van der Waals surface area contributed by atoms with Crippen LogP contribution in [-0.2, 0) is 79.9 Å². The number of hydrogen-bond donors (Lipinski definition) is 9. The van der Waals surface area contributed by atoms with Gasteiger partial charge in [0.25, 0.3) is 0 Å². The summed E-state index contributed by atoms with van der Waals surface area (Å²) < 4.78 is 14.8. The van der Waals surface area contributed by atoms with Crippen molar-refractivity contribution in [3.05, 3.63) is 108 Å². The normalized spacial score (nSPS) is 11.2. The Labute approximate surface area is 413 Å². The Morgan fingerprint density at radius 3 is 0.829 bits per heavy atom. The molecule has 0 aliphatic heterocycles. The molecule has 3 atom stereocenters. The first-order valence-corrected chi connectivity index (χ1v) is 21.2. The molecule has 0 aromatic heterocycles. The van der Waals surface area contributed by atoms with E-state index in [2.05, 4.69) is 16.0 Å². The van der Waals surface area contributed by atoms with Crippen molar-refractivity contribution >= 4 is 53.9 Å². The predicted octanol–water partition coefficient (Wildman–Crippen LogP) is 4.15. The van der Waals surface area contributed by atoms with Crippen LogP contribution in [0.2, 0.25) is 0 Å². The first kappa shape index (κ1) is 62.7. The predicted molar refractivity (Wildman–Crippen MR) is 239 cm³/mol. The number of benzene rings is 3. The van der Waals surface area contributed by atoms with E-state index >= 15 is 0 Å². The van der Waals surface area contributed by atoms with Crippen LogP contribution in [0.4, 0.5) is 14.4 Å². The molecule has 9 N–H and O–H groups in total. The molecule has 24 nitrogen and oxygen atoms in total. The number of nitrogens with one attached hydrogen (secondary N) is 3. The molecule has 0 unspecified atom stereocenters. The van der Waals surface area contributed by atoms with Crippen LogP contribution >= 0.6 is 0 Å². The number of rotatable bonds is 24. The summed E-state index contributed by atoms with van der Waals surface area (Å²) in [6, 6.07) is 23.5. The summed E-state index contributed by atoms with van der Waals surface area (Å²) in [7, 11) is 0. The van der Waals surface area contributed by atoms with Crippen molar-refractivity contribution in [2.24, 2.45) is 0 Å². The molecule has 25 heteroatoms. The zero-order valence-electron chi connectivity index (χ0n) is 38.7. The Morgan fingerprint density at radius 2 is 0.643 bits per heavy atom. The van der Waals surface area contributed by atoms with Crippen LogP contribution in [0.5, 0.6) is 0 Å². The number of aliphatic carboxylic acids is 3. The minimum atomic E-state index is -1.21. The Hall–Kier alpha value is -7.31. The summed E-state index contributed by atoms with van der Waals surface area (Å²) in [6.45, 7) is 3.63. The van der Waals surface area contributed by atoms with Crippen LogP contribution in [0.3, 0.4) is 0 Å². The fraction of sp³-hybridized carbons (Fsp3) is 0.400. The second kappa shape index (κ2) is 35.8. The van der Waals surface area contributed by atoms with E-state index in [9.17, 15) is 58.8 Å². The molecule has 383 valence electrons.